The van der Waals surface area contributed by atoms with E-state index in [1.54, 1.807) is 0 Å². The Morgan fingerprint density at radius 3 is 2.74 bits per heavy atom. The fraction of sp³-hybridized carbons (Fsp3) is 0.632. The summed E-state index contributed by atoms with van der Waals surface area (Å²) in [5.41, 5.74) is 0.187. The molecule has 0 bridgehead atoms. The van der Waals surface area contributed by atoms with E-state index < -0.39 is 11.4 Å². The second-order valence-corrected chi connectivity index (χ2v) is 7.12. The highest BCUT2D eigenvalue weighted by atomic mass is 16.5. The van der Waals surface area contributed by atoms with Crippen LogP contribution in [0.2, 0.25) is 0 Å². The normalized spacial score (nSPS) is 25.0. The van der Waals surface area contributed by atoms with Crippen LogP contribution in [0.1, 0.15) is 50.5 Å². The van der Waals surface area contributed by atoms with Gasteiger partial charge in [0.25, 0.3) is 0 Å². The Bertz CT molecular complexity index is 551. The molecule has 1 saturated carbocycles. The van der Waals surface area contributed by atoms with Crippen LogP contribution in [-0.4, -0.2) is 42.2 Å². The van der Waals surface area contributed by atoms with Gasteiger partial charge in [-0.05, 0) is 57.0 Å². The highest BCUT2D eigenvalue weighted by Gasteiger charge is 2.41. The molecule has 4 nitrogen and oxygen atoms in total. The topological polar surface area (TPSA) is 49.8 Å². The molecule has 1 aliphatic heterocycles. The summed E-state index contributed by atoms with van der Waals surface area (Å²) in [6.07, 6.45) is 7.01. The van der Waals surface area contributed by atoms with E-state index in [1.165, 1.54) is 0 Å². The molecule has 2 fully saturated rings. The number of likely N-dealkylation sites (tertiary alicyclic amines) is 1. The van der Waals surface area contributed by atoms with Crippen LogP contribution in [-0.2, 0) is 10.2 Å². The SMILES string of the molecule is CN1CCCC(Oc2cccc(C3(C(=O)O)CCCCC3)c2)C1. The van der Waals surface area contributed by atoms with Gasteiger partial charge in [0.05, 0.1) is 5.41 Å². The number of likely N-dealkylation sites (N-methyl/N-ethyl adjacent to an activating group) is 1. The molecule has 0 spiro atoms. The van der Waals surface area contributed by atoms with Gasteiger partial charge in [-0.15, -0.1) is 0 Å². The average Bonchev–Trinajstić information content (AvgIpc) is 2.55. The predicted molar refractivity (Wildman–Crippen MR) is 90.0 cm³/mol. The quantitative estimate of drug-likeness (QED) is 0.924. The average molecular weight is 317 g/mol. The zero-order valence-electron chi connectivity index (χ0n) is 14.0. The predicted octanol–water partition coefficient (Wildman–Crippen LogP) is 3.45. The zero-order chi connectivity index (χ0) is 16.3. The molecule has 1 unspecified atom stereocenters. The molecule has 1 saturated heterocycles. The lowest BCUT2D eigenvalue weighted by atomic mass is 9.69. The molecule has 1 atom stereocenters. The summed E-state index contributed by atoms with van der Waals surface area (Å²) < 4.78 is 6.15. The summed E-state index contributed by atoms with van der Waals surface area (Å²) in [5.74, 6) is 0.126. The minimum atomic E-state index is -0.721. The summed E-state index contributed by atoms with van der Waals surface area (Å²) in [6.45, 7) is 2.07. The van der Waals surface area contributed by atoms with Gasteiger partial charge >= 0.3 is 5.97 Å². The van der Waals surface area contributed by atoms with Crippen molar-refractivity contribution in [3.63, 3.8) is 0 Å². The van der Waals surface area contributed by atoms with Crippen LogP contribution in [0.4, 0.5) is 0 Å². The van der Waals surface area contributed by atoms with Gasteiger partial charge in [0.2, 0.25) is 0 Å². The number of piperidine rings is 1. The van der Waals surface area contributed by atoms with Crippen molar-refractivity contribution in [1.29, 1.82) is 0 Å². The summed E-state index contributed by atoms with van der Waals surface area (Å²) >= 11 is 0. The third-order valence-corrected chi connectivity index (χ3v) is 5.39. The second kappa shape index (κ2) is 6.91. The van der Waals surface area contributed by atoms with E-state index in [2.05, 4.69) is 11.9 Å². The molecule has 23 heavy (non-hydrogen) atoms. The van der Waals surface area contributed by atoms with Crippen molar-refractivity contribution in [2.45, 2.75) is 56.5 Å². The van der Waals surface area contributed by atoms with Crippen LogP contribution >= 0.6 is 0 Å². The number of carboxylic acid groups (broad SMARTS) is 1. The van der Waals surface area contributed by atoms with Crippen molar-refractivity contribution < 1.29 is 14.6 Å². The minimum Gasteiger partial charge on any atom is -0.489 e. The van der Waals surface area contributed by atoms with Crippen molar-refractivity contribution in [2.75, 3.05) is 20.1 Å². The largest absolute Gasteiger partial charge is 0.489 e. The van der Waals surface area contributed by atoms with Crippen molar-refractivity contribution in [1.82, 2.24) is 4.90 Å². The number of hydrogen-bond acceptors (Lipinski definition) is 3. The van der Waals surface area contributed by atoms with Crippen LogP contribution < -0.4 is 4.74 Å². The second-order valence-electron chi connectivity index (χ2n) is 7.12. The van der Waals surface area contributed by atoms with E-state index >= 15 is 0 Å². The lowest BCUT2D eigenvalue weighted by Crippen LogP contribution is -2.39. The summed E-state index contributed by atoms with van der Waals surface area (Å²) in [7, 11) is 2.12. The number of ether oxygens (including phenoxy) is 1. The number of benzene rings is 1. The molecule has 2 aliphatic rings. The standard InChI is InChI=1S/C19H27NO3/c1-20-12-6-9-17(14-20)23-16-8-5-7-15(13-16)19(18(21)22)10-3-2-4-11-19/h5,7-8,13,17H,2-4,6,9-12,14H2,1H3,(H,21,22). The fourth-order valence-corrected chi connectivity index (χ4v) is 4.06. The van der Waals surface area contributed by atoms with Crippen LogP contribution in [0.3, 0.4) is 0 Å². The smallest absolute Gasteiger partial charge is 0.314 e. The maximum absolute atomic E-state index is 12.0. The molecule has 0 aromatic heterocycles. The molecular formula is C19H27NO3. The number of rotatable bonds is 4. The molecule has 1 aliphatic carbocycles. The van der Waals surface area contributed by atoms with Gasteiger partial charge in [-0.2, -0.15) is 0 Å². The van der Waals surface area contributed by atoms with Gasteiger partial charge in [0, 0.05) is 6.54 Å². The molecule has 3 rings (SSSR count). The molecule has 1 aromatic rings. The molecule has 4 heteroatoms. The maximum Gasteiger partial charge on any atom is 0.314 e. The number of carbonyl (C=O) groups is 1. The molecule has 1 aromatic carbocycles. The third kappa shape index (κ3) is 3.52. The van der Waals surface area contributed by atoms with E-state index in [0.717, 1.165) is 69.3 Å². The Balaban J connectivity index is 1.79. The van der Waals surface area contributed by atoms with E-state index in [0.29, 0.717) is 0 Å². The molecule has 1 N–H and O–H groups in total. The van der Waals surface area contributed by atoms with Gasteiger partial charge in [0.1, 0.15) is 11.9 Å². The molecule has 0 radical (unpaired) electrons. The van der Waals surface area contributed by atoms with Crippen molar-refractivity contribution >= 4 is 5.97 Å². The van der Waals surface area contributed by atoms with Gasteiger partial charge < -0.3 is 14.7 Å². The first-order chi connectivity index (χ1) is 11.1. The van der Waals surface area contributed by atoms with Gasteiger partial charge in [-0.25, -0.2) is 0 Å². The first-order valence-corrected chi connectivity index (χ1v) is 8.79. The van der Waals surface area contributed by atoms with Crippen LogP contribution in [0.15, 0.2) is 24.3 Å². The Morgan fingerprint density at radius 1 is 1.26 bits per heavy atom. The third-order valence-electron chi connectivity index (χ3n) is 5.39. The highest BCUT2D eigenvalue weighted by Crippen LogP contribution is 2.40. The summed E-state index contributed by atoms with van der Waals surface area (Å²) in [6, 6.07) is 7.82. The maximum atomic E-state index is 12.0. The molecule has 1 heterocycles. The van der Waals surface area contributed by atoms with Gasteiger partial charge in [-0.3, -0.25) is 4.79 Å². The van der Waals surface area contributed by atoms with E-state index in [9.17, 15) is 9.90 Å². The lowest BCUT2D eigenvalue weighted by molar-refractivity contribution is -0.145. The summed E-state index contributed by atoms with van der Waals surface area (Å²) in [4.78, 5) is 14.3. The van der Waals surface area contributed by atoms with Gasteiger partial charge in [0.15, 0.2) is 0 Å². The van der Waals surface area contributed by atoms with Crippen molar-refractivity contribution in [3.05, 3.63) is 29.8 Å². The molecule has 126 valence electrons. The number of carboxylic acids is 1. The van der Waals surface area contributed by atoms with Crippen LogP contribution in [0, 0.1) is 0 Å². The zero-order valence-corrected chi connectivity index (χ0v) is 14.0. The van der Waals surface area contributed by atoms with Crippen molar-refractivity contribution in [3.8, 4) is 5.75 Å². The molecular weight excluding hydrogens is 290 g/mol. The minimum absolute atomic E-state index is 0.205. The Morgan fingerprint density at radius 2 is 2.04 bits per heavy atom. The first kappa shape index (κ1) is 16.3. The van der Waals surface area contributed by atoms with E-state index in [1.807, 2.05) is 24.3 Å². The number of hydrogen-bond donors (Lipinski definition) is 1. The van der Waals surface area contributed by atoms with Crippen molar-refractivity contribution in [2.24, 2.45) is 0 Å². The molecule has 0 amide bonds. The van der Waals surface area contributed by atoms with Crippen LogP contribution in [0.25, 0.3) is 0 Å². The fourth-order valence-electron chi connectivity index (χ4n) is 4.06. The lowest BCUT2D eigenvalue weighted by Gasteiger charge is -2.34. The van der Waals surface area contributed by atoms with E-state index in [4.69, 9.17) is 4.74 Å². The monoisotopic (exact) mass is 317 g/mol. The Hall–Kier alpha value is -1.55. The Labute approximate surface area is 138 Å². The van der Waals surface area contributed by atoms with E-state index in [-0.39, 0.29) is 6.10 Å². The highest BCUT2D eigenvalue weighted by molar-refractivity contribution is 5.81. The number of nitrogens with zero attached hydrogens (tertiary/aromatic N) is 1. The van der Waals surface area contributed by atoms with Crippen LogP contribution in [0.5, 0.6) is 5.75 Å². The van der Waals surface area contributed by atoms with Gasteiger partial charge in [-0.1, -0.05) is 31.4 Å². The number of aliphatic carboxylic acids is 1. The summed E-state index contributed by atoms with van der Waals surface area (Å²) in [5, 5.41) is 9.84. The Kier molecular flexibility index (Phi) is 4.90. The first-order valence-electron chi connectivity index (χ1n) is 8.79.